The van der Waals surface area contributed by atoms with Gasteiger partial charge in [0.2, 0.25) is 0 Å². The standard InChI is InChI=1S/C15H15NO4S/c1-11-7-9-13(10-8-11)21(18,19)20-15(17)14(16)12-5-3-2-4-6-12/h2-10,14H,16H2,1H3/t14-/m0/s1. The molecule has 21 heavy (non-hydrogen) atoms. The van der Waals surface area contributed by atoms with Crippen molar-refractivity contribution in [3.63, 3.8) is 0 Å². The minimum absolute atomic E-state index is 0.0817. The number of rotatable bonds is 4. The first-order valence-electron chi connectivity index (χ1n) is 6.26. The largest absolute Gasteiger partial charge is 0.343 e. The summed E-state index contributed by atoms with van der Waals surface area (Å²) in [7, 11) is -4.16. The second-order valence-electron chi connectivity index (χ2n) is 4.56. The highest BCUT2D eigenvalue weighted by atomic mass is 32.2. The minimum atomic E-state index is -4.16. The summed E-state index contributed by atoms with van der Waals surface area (Å²) in [5.74, 6) is -1.01. The normalized spacial score (nSPS) is 12.7. The molecule has 0 heterocycles. The van der Waals surface area contributed by atoms with Crippen LogP contribution in [0.3, 0.4) is 0 Å². The summed E-state index contributed by atoms with van der Waals surface area (Å²) in [6, 6.07) is 13.3. The fourth-order valence-electron chi connectivity index (χ4n) is 1.71. The van der Waals surface area contributed by atoms with Crippen LogP contribution in [0.25, 0.3) is 0 Å². The number of nitrogens with two attached hydrogens (primary N) is 1. The SMILES string of the molecule is Cc1ccc(S(=O)(=O)OC(=O)[C@@H](N)c2ccccc2)cc1. The summed E-state index contributed by atoms with van der Waals surface area (Å²) >= 11 is 0. The van der Waals surface area contributed by atoms with Crippen molar-refractivity contribution in [1.82, 2.24) is 0 Å². The maximum absolute atomic E-state index is 12.0. The van der Waals surface area contributed by atoms with Crippen molar-refractivity contribution < 1.29 is 17.4 Å². The molecule has 0 radical (unpaired) electrons. The van der Waals surface area contributed by atoms with Gasteiger partial charge < -0.3 is 9.92 Å². The van der Waals surface area contributed by atoms with E-state index in [1.165, 1.54) is 12.1 Å². The smallest absolute Gasteiger partial charge is 0.340 e. The van der Waals surface area contributed by atoms with Crippen molar-refractivity contribution in [3.8, 4) is 0 Å². The van der Waals surface area contributed by atoms with Crippen LogP contribution in [0.1, 0.15) is 17.2 Å². The van der Waals surface area contributed by atoms with Gasteiger partial charge in [0.15, 0.2) is 0 Å². The second kappa shape index (κ2) is 6.07. The van der Waals surface area contributed by atoms with Gasteiger partial charge in [0, 0.05) is 0 Å². The maximum Gasteiger partial charge on any atom is 0.343 e. The lowest BCUT2D eigenvalue weighted by Gasteiger charge is -2.11. The van der Waals surface area contributed by atoms with E-state index in [0.717, 1.165) is 5.56 Å². The zero-order valence-corrected chi connectivity index (χ0v) is 12.2. The molecule has 2 N–H and O–H groups in total. The molecule has 0 fully saturated rings. The van der Waals surface area contributed by atoms with Crippen molar-refractivity contribution in [3.05, 3.63) is 65.7 Å². The van der Waals surface area contributed by atoms with Gasteiger partial charge in [-0.2, -0.15) is 8.42 Å². The summed E-state index contributed by atoms with van der Waals surface area (Å²) in [6.07, 6.45) is 0. The van der Waals surface area contributed by atoms with Gasteiger partial charge in [-0.1, -0.05) is 48.0 Å². The van der Waals surface area contributed by atoms with Crippen LogP contribution in [0.5, 0.6) is 0 Å². The van der Waals surface area contributed by atoms with Crippen LogP contribution in [0, 0.1) is 6.92 Å². The van der Waals surface area contributed by atoms with Crippen LogP contribution in [-0.4, -0.2) is 14.4 Å². The lowest BCUT2D eigenvalue weighted by atomic mass is 10.1. The number of hydrogen-bond donors (Lipinski definition) is 1. The Kier molecular flexibility index (Phi) is 4.40. The number of aryl methyl sites for hydroxylation is 1. The highest BCUT2D eigenvalue weighted by molar-refractivity contribution is 7.87. The average Bonchev–Trinajstić information content (AvgIpc) is 2.47. The highest BCUT2D eigenvalue weighted by Crippen LogP contribution is 2.17. The van der Waals surface area contributed by atoms with Gasteiger partial charge in [0.25, 0.3) is 0 Å². The van der Waals surface area contributed by atoms with Crippen LogP contribution in [0.2, 0.25) is 0 Å². The molecular weight excluding hydrogens is 290 g/mol. The summed E-state index contributed by atoms with van der Waals surface area (Å²) in [5, 5.41) is 0. The van der Waals surface area contributed by atoms with Gasteiger partial charge in [-0.25, -0.2) is 4.79 Å². The molecule has 2 aromatic carbocycles. The van der Waals surface area contributed by atoms with Gasteiger partial charge in [0.05, 0.1) is 0 Å². The number of carbonyl (C=O) groups is 1. The first-order chi connectivity index (χ1) is 9.90. The molecule has 0 bridgehead atoms. The monoisotopic (exact) mass is 305 g/mol. The number of benzene rings is 2. The zero-order valence-electron chi connectivity index (χ0n) is 11.4. The second-order valence-corrected chi connectivity index (χ2v) is 6.10. The molecule has 0 aliphatic heterocycles. The van der Waals surface area contributed by atoms with E-state index in [2.05, 4.69) is 4.18 Å². The van der Waals surface area contributed by atoms with E-state index in [0.29, 0.717) is 5.56 Å². The molecule has 2 aromatic rings. The van der Waals surface area contributed by atoms with E-state index in [1.807, 2.05) is 6.92 Å². The van der Waals surface area contributed by atoms with Crippen molar-refractivity contribution in [2.45, 2.75) is 17.9 Å². The van der Waals surface area contributed by atoms with Crippen molar-refractivity contribution in [2.24, 2.45) is 5.73 Å². The predicted molar refractivity (Wildman–Crippen MR) is 77.8 cm³/mol. The van der Waals surface area contributed by atoms with Crippen LogP contribution in [0.15, 0.2) is 59.5 Å². The van der Waals surface area contributed by atoms with Gasteiger partial charge in [-0.05, 0) is 24.6 Å². The Morgan fingerprint density at radius 1 is 1.05 bits per heavy atom. The molecule has 0 amide bonds. The fraction of sp³-hybridized carbons (Fsp3) is 0.133. The number of hydrogen-bond acceptors (Lipinski definition) is 5. The predicted octanol–water partition coefficient (Wildman–Crippen LogP) is 1.93. The third-order valence-electron chi connectivity index (χ3n) is 2.91. The molecule has 0 spiro atoms. The average molecular weight is 305 g/mol. The molecule has 0 unspecified atom stereocenters. The third kappa shape index (κ3) is 3.68. The first-order valence-corrected chi connectivity index (χ1v) is 7.66. The Labute approximate surface area is 123 Å². The van der Waals surface area contributed by atoms with Crippen LogP contribution in [-0.2, 0) is 19.1 Å². The molecular formula is C15H15NO4S. The quantitative estimate of drug-likeness (QED) is 0.872. The molecule has 0 saturated heterocycles. The van der Waals surface area contributed by atoms with Gasteiger partial charge >= 0.3 is 16.1 Å². The molecule has 6 heteroatoms. The van der Waals surface area contributed by atoms with E-state index in [4.69, 9.17) is 5.73 Å². The van der Waals surface area contributed by atoms with Crippen molar-refractivity contribution in [2.75, 3.05) is 0 Å². The molecule has 110 valence electrons. The Balaban J connectivity index is 2.17. The van der Waals surface area contributed by atoms with Gasteiger partial charge in [-0.3, -0.25) is 0 Å². The maximum atomic E-state index is 12.0. The summed E-state index contributed by atoms with van der Waals surface area (Å²) in [6.45, 7) is 1.83. The Bertz CT molecular complexity index is 724. The fourth-order valence-corrected chi connectivity index (χ4v) is 2.60. The van der Waals surface area contributed by atoms with E-state index >= 15 is 0 Å². The summed E-state index contributed by atoms with van der Waals surface area (Å²) in [5.41, 5.74) is 7.10. The van der Waals surface area contributed by atoms with Crippen LogP contribution in [0.4, 0.5) is 0 Å². The van der Waals surface area contributed by atoms with E-state index in [-0.39, 0.29) is 4.90 Å². The summed E-state index contributed by atoms with van der Waals surface area (Å²) in [4.78, 5) is 11.8. The Morgan fingerprint density at radius 3 is 2.19 bits per heavy atom. The first kappa shape index (κ1) is 15.2. The van der Waals surface area contributed by atoms with Gasteiger partial charge in [0.1, 0.15) is 10.9 Å². The third-order valence-corrected chi connectivity index (χ3v) is 4.15. The highest BCUT2D eigenvalue weighted by Gasteiger charge is 2.25. The van der Waals surface area contributed by atoms with E-state index in [9.17, 15) is 13.2 Å². The molecule has 1 atom stereocenters. The molecule has 2 rings (SSSR count). The van der Waals surface area contributed by atoms with E-state index < -0.39 is 22.1 Å². The minimum Gasteiger partial charge on any atom is -0.340 e. The summed E-state index contributed by atoms with van der Waals surface area (Å²) < 4.78 is 28.6. The van der Waals surface area contributed by atoms with Crippen molar-refractivity contribution in [1.29, 1.82) is 0 Å². The lowest BCUT2D eigenvalue weighted by Crippen LogP contribution is -2.26. The topological polar surface area (TPSA) is 86.5 Å². The molecule has 0 aliphatic rings. The van der Waals surface area contributed by atoms with Gasteiger partial charge in [-0.15, -0.1) is 0 Å². The molecule has 0 saturated carbocycles. The van der Waals surface area contributed by atoms with Crippen LogP contribution < -0.4 is 5.73 Å². The molecule has 5 nitrogen and oxygen atoms in total. The van der Waals surface area contributed by atoms with Crippen LogP contribution >= 0.6 is 0 Å². The lowest BCUT2D eigenvalue weighted by molar-refractivity contribution is -0.135. The molecule has 0 aromatic heterocycles. The Hall–Kier alpha value is -2.18. The van der Waals surface area contributed by atoms with E-state index in [1.54, 1.807) is 42.5 Å². The Morgan fingerprint density at radius 2 is 1.62 bits per heavy atom. The zero-order chi connectivity index (χ0) is 15.5. The van der Waals surface area contributed by atoms with Crippen molar-refractivity contribution >= 4 is 16.1 Å². The molecule has 0 aliphatic carbocycles. The number of carbonyl (C=O) groups excluding carboxylic acids is 1.